The second-order valence-corrected chi connectivity index (χ2v) is 11.6. The predicted molar refractivity (Wildman–Crippen MR) is 110 cm³/mol. The smallest absolute Gasteiger partial charge is 0.271 e. The van der Waals surface area contributed by atoms with Crippen LogP contribution in [0.25, 0.3) is 0 Å². The zero-order valence-corrected chi connectivity index (χ0v) is 17.2. The summed E-state index contributed by atoms with van der Waals surface area (Å²) in [5, 5.41) is 5.07. The number of carbonyl (C=O) groups excluding carboxylic acids is 1. The van der Waals surface area contributed by atoms with Crippen LogP contribution >= 0.6 is 11.3 Å². The molecule has 0 unspecified atom stereocenters. The summed E-state index contributed by atoms with van der Waals surface area (Å²) in [6.45, 7) is 0. The molecule has 28 heavy (non-hydrogen) atoms. The normalized spacial score (nSPS) is 30.9. The number of carbonyl (C=O) groups is 1. The third kappa shape index (κ3) is 3.35. The molecule has 4 bridgehead atoms. The van der Waals surface area contributed by atoms with Crippen molar-refractivity contribution in [3.63, 3.8) is 0 Å². The van der Waals surface area contributed by atoms with Crippen molar-refractivity contribution in [1.82, 2.24) is 5.32 Å². The van der Waals surface area contributed by atoms with Gasteiger partial charge in [-0.15, -0.1) is 11.3 Å². The van der Waals surface area contributed by atoms with Gasteiger partial charge in [-0.25, -0.2) is 8.42 Å². The van der Waals surface area contributed by atoms with E-state index in [0.29, 0.717) is 11.3 Å². The number of hydrogen-bond acceptors (Lipinski definition) is 4. The minimum Gasteiger partial charge on any atom is -0.347 e. The van der Waals surface area contributed by atoms with Crippen molar-refractivity contribution in [3.8, 4) is 0 Å². The first-order valence-electron chi connectivity index (χ1n) is 9.90. The van der Waals surface area contributed by atoms with E-state index < -0.39 is 10.0 Å². The van der Waals surface area contributed by atoms with Crippen LogP contribution in [0.5, 0.6) is 0 Å². The highest BCUT2D eigenvalue weighted by Crippen LogP contribution is 2.55. The van der Waals surface area contributed by atoms with Crippen LogP contribution < -0.4 is 10.0 Å². The fourth-order valence-corrected chi connectivity index (χ4v) is 7.96. The Morgan fingerprint density at radius 2 is 1.68 bits per heavy atom. The Hall–Kier alpha value is -1.86. The monoisotopic (exact) mass is 416 g/mol. The highest BCUT2D eigenvalue weighted by atomic mass is 32.2. The van der Waals surface area contributed by atoms with Gasteiger partial charge in [-0.1, -0.05) is 12.1 Å². The fourth-order valence-electron chi connectivity index (χ4n) is 5.92. The van der Waals surface area contributed by atoms with Crippen LogP contribution in [0, 0.1) is 17.8 Å². The minimum atomic E-state index is -3.62. The Morgan fingerprint density at radius 1 is 1.00 bits per heavy atom. The highest BCUT2D eigenvalue weighted by molar-refractivity contribution is 7.94. The van der Waals surface area contributed by atoms with Crippen LogP contribution in [0.4, 0.5) is 5.69 Å². The number of rotatable bonds is 5. The largest absolute Gasteiger partial charge is 0.347 e. The Kier molecular flexibility index (Phi) is 4.28. The van der Waals surface area contributed by atoms with Crippen molar-refractivity contribution in [2.45, 2.75) is 48.3 Å². The molecule has 4 aliphatic rings. The molecule has 1 amide bonds. The Balaban J connectivity index is 1.33. The van der Waals surface area contributed by atoms with Crippen molar-refractivity contribution in [2.24, 2.45) is 17.8 Å². The van der Waals surface area contributed by atoms with Gasteiger partial charge in [-0.3, -0.25) is 9.52 Å². The van der Waals surface area contributed by atoms with E-state index in [0.717, 1.165) is 37.0 Å². The molecule has 148 valence electrons. The highest BCUT2D eigenvalue weighted by Gasteiger charge is 2.51. The van der Waals surface area contributed by atoms with Gasteiger partial charge in [0.25, 0.3) is 15.9 Å². The summed E-state index contributed by atoms with van der Waals surface area (Å²) in [6, 6.07) is 10.0. The van der Waals surface area contributed by atoms with Crippen LogP contribution in [0.2, 0.25) is 0 Å². The van der Waals surface area contributed by atoms with E-state index in [4.69, 9.17) is 0 Å². The lowest BCUT2D eigenvalue weighted by atomic mass is 9.53. The molecule has 4 saturated carbocycles. The molecule has 0 radical (unpaired) electrons. The Bertz CT molecular complexity index is 963. The number of amides is 1. The average molecular weight is 417 g/mol. The maximum Gasteiger partial charge on any atom is 0.271 e. The molecule has 5 nitrogen and oxygen atoms in total. The lowest BCUT2D eigenvalue weighted by molar-refractivity contribution is -0.0167. The van der Waals surface area contributed by atoms with Crippen molar-refractivity contribution in [3.05, 3.63) is 47.3 Å². The predicted octanol–water partition coefficient (Wildman–Crippen LogP) is 4.25. The number of nitrogens with one attached hydrogen (secondary N) is 2. The maximum atomic E-state index is 13.0. The van der Waals surface area contributed by atoms with Crippen molar-refractivity contribution in [2.75, 3.05) is 4.72 Å². The third-order valence-electron chi connectivity index (χ3n) is 6.55. The van der Waals surface area contributed by atoms with E-state index in [2.05, 4.69) is 10.0 Å². The number of benzene rings is 1. The van der Waals surface area contributed by atoms with Gasteiger partial charge in [0.1, 0.15) is 4.21 Å². The molecule has 1 heterocycles. The summed E-state index contributed by atoms with van der Waals surface area (Å²) in [6.07, 6.45) is 7.26. The lowest BCUT2D eigenvalue weighted by Crippen LogP contribution is -2.59. The molecule has 0 aliphatic heterocycles. The number of thiophene rings is 1. The Morgan fingerprint density at radius 3 is 2.29 bits per heavy atom. The van der Waals surface area contributed by atoms with E-state index in [1.165, 1.54) is 30.6 Å². The summed E-state index contributed by atoms with van der Waals surface area (Å²) in [5.41, 5.74) is 0.854. The summed E-state index contributed by atoms with van der Waals surface area (Å²) >= 11 is 1.17. The first-order valence-corrected chi connectivity index (χ1v) is 12.3. The second kappa shape index (κ2) is 6.59. The maximum absolute atomic E-state index is 13.0. The summed E-state index contributed by atoms with van der Waals surface area (Å²) in [5.74, 6) is 2.18. The molecule has 2 N–H and O–H groups in total. The average Bonchev–Trinajstić information content (AvgIpc) is 3.15. The minimum absolute atomic E-state index is 0.0572. The van der Waals surface area contributed by atoms with Gasteiger partial charge in [-0.05, 0) is 85.9 Å². The zero-order valence-electron chi connectivity index (χ0n) is 15.6. The number of anilines is 1. The molecular formula is C21H24N2O3S2. The van der Waals surface area contributed by atoms with E-state index in [1.807, 2.05) is 0 Å². The summed E-state index contributed by atoms with van der Waals surface area (Å²) < 4.78 is 27.7. The van der Waals surface area contributed by atoms with Crippen LogP contribution in [0.3, 0.4) is 0 Å². The van der Waals surface area contributed by atoms with E-state index in [1.54, 1.807) is 41.8 Å². The number of sulfonamides is 1. The lowest BCUT2D eigenvalue weighted by Gasteiger charge is -2.56. The van der Waals surface area contributed by atoms with Crippen LogP contribution in [-0.4, -0.2) is 19.9 Å². The summed E-state index contributed by atoms with van der Waals surface area (Å²) in [4.78, 5) is 13.0. The molecule has 4 fully saturated rings. The van der Waals surface area contributed by atoms with Crippen LogP contribution in [0.1, 0.15) is 48.9 Å². The fraction of sp³-hybridized carbons (Fsp3) is 0.476. The Labute approximate surface area is 169 Å². The van der Waals surface area contributed by atoms with E-state index in [-0.39, 0.29) is 15.7 Å². The molecule has 1 aromatic heterocycles. The van der Waals surface area contributed by atoms with E-state index >= 15 is 0 Å². The van der Waals surface area contributed by atoms with Crippen molar-refractivity contribution >= 4 is 33.0 Å². The van der Waals surface area contributed by atoms with Crippen molar-refractivity contribution < 1.29 is 13.2 Å². The molecule has 0 saturated heterocycles. The molecule has 7 heteroatoms. The molecular weight excluding hydrogens is 392 g/mol. The van der Waals surface area contributed by atoms with Gasteiger partial charge in [0.2, 0.25) is 0 Å². The summed E-state index contributed by atoms with van der Waals surface area (Å²) in [7, 11) is -3.62. The van der Waals surface area contributed by atoms with Gasteiger partial charge in [-0.2, -0.15) is 0 Å². The molecule has 0 spiro atoms. The van der Waals surface area contributed by atoms with Gasteiger partial charge >= 0.3 is 0 Å². The number of hydrogen-bond donors (Lipinski definition) is 2. The van der Waals surface area contributed by atoms with Gasteiger partial charge in [0.15, 0.2) is 0 Å². The molecule has 6 rings (SSSR count). The van der Waals surface area contributed by atoms with Crippen molar-refractivity contribution in [1.29, 1.82) is 0 Å². The standard InChI is InChI=1S/C21H24N2O3S2/c24-20(22-21-11-14-7-15(12-21)9-16(8-14)13-21)17-3-1-4-18(10-17)23-28(25,26)19-5-2-6-27-19/h1-6,10,14-16,23H,7-9,11-13H2,(H,22,24). The molecule has 4 aliphatic carbocycles. The quantitative estimate of drug-likeness (QED) is 0.765. The molecule has 1 aromatic carbocycles. The molecule has 2 aromatic rings. The first kappa shape index (κ1) is 18.2. The zero-order chi connectivity index (χ0) is 19.4. The van der Waals surface area contributed by atoms with Crippen LogP contribution in [0.15, 0.2) is 46.0 Å². The SMILES string of the molecule is O=C(NC12CC3CC(CC(C3)C1)C2)c1cccc(NS(=O)(=O)c2cccs2)c1. The third-order valence-corrected chi connectivity index (χ3v) is 9.33. The second-order valence-electron chi connectivity index (χ2n) is 8.77. The van der Waals surface area contributed by atoms with Gasteiger partial charge in [0, 0.05) is 16.8 Å². The van der Waals surface area contributed by atoms with E-state index in [9.17, 15) is 13.2 Å². The molecule has 0 atom stereocenters. The first-order chi connectivity index (χ1) is 13.4. The topological polar surface area (TPSA) is 75.3 Å². The van der Waals surface area contributed by atoms with Gasteiger partial charge < -0.3 is 5.32 Å². The van der Waals surface area contributed by atoms with Crippen LogP contribution in [-0.2, 0) is 10.0 Å². The van der Waals surface area contributed by atoms with Gasteiger partial charge in [0.05, 0.1) is 0 Å².